The van der Waals surface area contributed by atoms with Gasteiger partial charge in [0.15, 0.2) is 0 Å². The predicted molar refractivity (Wildman–Crippen MR) is 38.8 cm³/mol. The lowest BCUT2D eigenvalue weighted by Gasteiger charge is -2.34. The molecule has 0 bridgehead atoms. The molecule has 0 aromatic carbocycles. The van der Waals surface area contributed by atoms with E-state index in [1.807, 2.05) is 6.20 Å². The molecule has 52 valence electrons. The molecular formula is C7H14N2. The van der Waals surface area contributed by atoms with Gasteiger partial charge in [-0.15, -0.1) is 0 Å². The highest BCUT2D eigenvalue weighted by Gasteiger charge is 2.10. The van der Waals surface area contributed by atoms with Gasteiger partial charge >= 0.3 is 0 Å². The van der Waals surface area contributed by atoms with Crippen LogP contribution in [0.5, 0.6) is 0 Å². The third kappa shape index (κ3) is 1.45. The Balaban J connectivity index is 2.38. The molecule has 1 aliphatic rings. The molecule has 2 nitrogen and oxygen atoms in total. The van der Waals surface area contributed by atoms with E-state index in [-0.39, 0.29) is 0 Å². The molecule has 0 aromatic rings. The minimum Gasteiger partial charge on any atom is -0.314 e. The molecule has 0 radical (unpaired) electrons. The summed E-state index contributed by atoms with van der Waals surface area (Å²) < 4.78 is 0. The largest absolute Gasteiger partial charge is 0.314 e. The maximum absolute atomic E-state index is 3.72. The molecule has 2 heteroatoms. The second kappa shape index (κ2) is 2.87. The van der Waals surface area contributed by atoms with Gasteiger partial charge in [-0.25, -0.2) is 5.01 Å². The van der Waals surface area contributed by atoms with Crippen LogP contribution in [0.4, 0.5) is 0 Å². The molecule has 0 atom stereocenters. The summed E-state index contributed by atoms with van der Waals surface area (Å²) in [4.78, 5) is 0. The summed E-state index contributed by atoms with van der Waals surface area (Å²) in [6, 6.07) is 0. The van der Waals surface area contributed by atoms with Crippen LogP contribution in [-0.4, -0.2) is 30.2 Å². The lowest BCUT2D eigenvalue weighted by Crippen LogP contribution is -2.40. The summed E-state index contributed by atoms with van der Waals surface area (Å²) in [6.07, 6.45) is 4.51. The molecule has 1 fully saturated rings. The highest BCUT2D eigenvalue weighted by atomic mass is 15.6. The van der Waals surface area contributed by atoms with Crippen molar-refractivity contribution in [3.63, 3.8) is 0 Å². The highest BCUT2D eigenvalue weighted by molar-refractivity contribution is 4.71. The van der Waals surface area contributed by atoms with E-state index in [0.29, 0.717) is 0 Å². The van der Waals surface area contributed by atoms with Crippen molar-refractivity contribution in [1.82, 2.24) is 10.0 Å². The van der Waals surface area contributed by atoms with Gasteiger partial charge < -0.3 is 5.01 Å². The zero-order valence-corrected chi connectivity index (χ0v) is 6.01. The van der Waals surface area contributed by atoms with Crippen LogP contribution in [0.25, 0.3) is 0 Å². The van der Waals surface area contributed by atoms with Crippen LogP contribution in [-0.2, 0) is 0 Å². The fraction of sp³-hybridized carbons (Fsp3) is 0.714. The summed E-state index contributed by atoms with van der Waals surface area (Å²) in [5.41, 5.74) is 0. The van der Waals surface area contributed by atoms with Gasteiger partial charge in [0.2, 0.25) is 0 Å². The Morgan fingerprint density at radius 3 is 2.44 bits per heavy atom. The minimum atomic E-state index is 1.14. The maximum atomic E-state index is 3.72. The van der Waals surface area contributed by atoms with Crippen molar-refractivity contribution < 1.29 is 0 Å². The van der Waals surface area contributed by atoms with Crippen molar-refractivity contribution in [2.75, 3.05) is 20.1 Å². The van der Waals surface area contributed by atoms with Crippen molar-refractivity contribution in [2.24, 2.45) is 0 Å². The van der Waals surface area contributed by atoms with E-state index in [1.165, 1.54) is 19.4 Å². The Bertz CT molecular complexity index is 101. The Hall–Kier alpha value is -0.500. The Kier molecular flexibility index (Phi) is 2.11. The molecule has 9 heavy (non-hydrogen) atoms. The van der Waals surface area contributed by atoms with Crippen LogP contribution in [0.2, 0.25) is 0 Å². The Morgan fingerprint density at radius 1 is 1.33 bits per heavy atom. The van der Waals surface area contributed by atoms with Crippen molar-refractivity contribution in [2.45, 2.75) is 12.8 Å². The van der Waals surface area contributed by atoms with Gasteiger partial charge in [0.05, 0.1) is 0 Å². The zero-order valence-electron chi connectivity index (χ0n) is 6.01. The second-order valence-electron chi connectivity index (χ2n) is 2.43. The molecule has 0 aromatic heterocycles. The van der Waals surface area contributed by atoms with Crippen LogP contribution in [0.1, 0.15) is 12.8 Å². The Labute approximate surface area is 56.7 Å². The monoisotopic (exact) mass is 126 g/mol. The average molecular weight is 126 g/mol. The van der Waals surface area contributed by atoms with E-state index in [2.05, 4.69) is 23.6 Å². The quantitative estimate of drug-likeness (QED) is 0.518. The topological polar surface area (TPSA) is 6.48 Å². The lowest BCUT2D eigenvalue weighted by molar-refractivity contribution is 0.0215. The van der Waals surface area contributed by atoms with Crippen LogP contribution >= 0.6 is 0 Å². The summed E-state index contributed by atoms with van der Waals surface area (Å²) in [7, 11) is 2.10. The first-order valence-electron chi connectivity index (χ1n) is 3.45. The van der Waals surface area contributed by atoms with E-state index >= 15 is 0 Å². The molecule has 1 saturated heterocycles. The summed E-state index contributed by atoms with van der Waals surface area (Å²) >= 11 is 0. The Morgan fingerprint density at radius 2 is 2.00 bits per heavy atom. The van der Waals surface area contributed by atoms with Gasteiger partial charge in [-0.2, -0.15) is 0 Å². The molecule has 1 heterocycles. The number of hydrogen-bond acceptors (Lipinski definition) is 2. The number of rotatable bonds is 1. The zero-order chi connectivity index (χ0) is 6.69. The molecule has 0 amide bonds. The minimum absolute atomic E-state index is 1.14. The first kappa shape index (κ1) is 6.62. The van der Waals surface area contributed by atoms with Crippen molar-refractivity contribution in [1.29, 1.82) is 0 Å². The molecule has 0 N–H and O–H groups in total. The molecular weight excluding hydrogens is 112 g/mol. The van der Waals surface area contributed by atoms with Crippen LogP contribution < -0.4 is 0 Å². The van der Waals surface area contributed by atoms with Gasteiger partial charge in [-0.1, -0.05) is 6.58 Å². The smallest absolute Gasteiger partial charge is 0.0340 e. The van der Waals surface area contributed by atoms with Crippen LogP contribution in [0.15, 0.2) is 12.8 Å². The molecule has 0 aliphatic carbocycles. The summed E-state index contributed by atoms with van der Waals surface area (Å²) in [5.74, 6) is 0. The number of hydrazine groups is 1. The van der Waals surface area contributed by atoms with E-state index in [9.17, 15) is 0 Å². The van der Waals surface area contributed by atoms with Crippen molar-refractivity contribution in [3.8, 4) is 0 Å². The van der Waals surface area contributed by atoms with E-state index in [1.54, 1.807) is 0 Å². The number of hydrogen-bond donors (Lipinski definition) is 0. The maximum Gasteiger partial charge on any atom is 0.0340 e. The third-order valence-corrected chi connectivity index (χ3v) is 1.77. The van der Waals surface area contributed by atoms with E-state index in [4.69, 9.17) is 0 Å². The highest BCUT2D eigenvalue weighted by Crippen LogP contribution is 2.07. The van der Waals surface area contributed by atoms with Crippen LogP contribution in [0, 0.1) is 0 Å². The van der Waals surface area contributed by atoms with Gasteiger partial charge in [0, 0.05) is 26.3 Å². The predicted octanol–water partition coefficient (Wildman–Crippen LogP) is 1.07. The molecule has 1 rings (SSSR count). The third-order valence-electron chi connectivity index (χ3n) is 1.77. The molecule has 0 spiro atoms. The average Bonchev–Trinajstić information content (AvgIpc) is 1.89. The fourth-order valence-corrected chi connectivity index (χ4v) is 1.14. The molecule has 0 unspecified atom stereocenters. The number of nitrogens with zero attached hydrogens (tertiary/aromatic N) is 2. The SMILES string of the molecule is C=CN1CCCCN1C. The van der Waals surface area contributed by atoms with E-state index < -0.39 is 0 Å². The fourth-order valence-electron chi connectivity index (χ4n) is 1.14. The second-order valence-corrected chi connectivity index (χ2v) is 2.43. The summed E-state index contributed by atoms with van der Waals surface area (Å²) in [6.45, 7) is 6.03. The van der Waals surface area contributed by atoms with Crippen molar-refractivity contribution in [3.05, 3.63) is 12.8 Å². The standard InChI is InChI=1S/C7H14N2/c1-3-9-7-5-4-6-8(9)2/h3H,1,4-7H2,2H3. The van der Waals surface area contributed by atoms with Crippen molar-refractivity contribution >= 4 is 0 Å². The first-order chi connectivity index (χ1) is 4.34. The normalized spacial score (nSPS) is 22.1. The van der Waals surface area contributed by atoms with E-state index in [0.717, 1.165) is 6.54 Å². The van der Waals surface area contributed by atoms with Gasteiger partial charge in [0.1, 0.15) is 0 Å². The van der Waals surface area contributed by atoms with Crippen LogP contribution in [0.3, 0.4) is 0 Å². The van der Waals surface area contributed by atoms with Gasteiger partial charge in [-0.05, 0) is 12.8 Å². The lowest BCUT2D eigenvalue weighted by atomic mass is 10.2. The molecule has 0 saturated carbocycles. The van der Waals surface area contributed by atoms with Gasteiger partial charge in [0.25, 0.3) is 0 Å². The van der Waals surface area contributed by atoms with Gasteiger partial charge in [-0.3, -0.25) is 0 Å². The summed E-state index contributed by atoms with van der Waals surface area (Å²) in [5, 5.41) is 4.36. The molecule has 1 aliphatic heterocycles. The first-order valence-corrected chi connectivity index (χ1v) is 3.45.